The second-order valence-corrected chi connectivity index (χ2v) is 11.1. The summed E-state index contributed by atoms with van der Waals surface area (Å²) in [5.74, 6) is 0.509. The van der Waals surface area contributed by atoms with Crippen molar-refractivity contribution in [1.82, 2.24) is 34.9 Å². The molecule has 2 amide bonds. The molecule has 7 rings (SSSR count). The van der Waals surface area contributed by atoms with Gasteiger partial charge in [0.1, 0.15) is 22.9 Å². The molecule has 3 aliphatic rings. The molecule has 0 bridgehead atoms. The molecule has 1 atom stereocenters. The Balaban J connectivity index is 1.18. The molecule has 2 aliphatic carbocycles. The van der Waals surface area contributed by atoms with E-state index in [1.165, 1.54) is 18.4 Å². The Kier molecular flexibility index (Phi) is 5.47. The first kappa shape index (κ1) is 23.3. The van der Waals surface area contributed by atoms with E-state index in [2.05, 4.69) is 33.5 Å². The Morgan fingerprint density at radius 1 is 1.13 bits per heavy atom. The number of rotatable bonds is 6. The van der Waals surface area contributed by atoms with Gasteiger partial charge in [-0.3, -0.25) is 14.3 Å². The number of likely N-dealkylation sites (tertiary alicyclic amines) is 1. The van der Waals surface area contributed by atoms with Crippen LogP contribution in [0.25, 0.3) is 33.5 Å². The number of fused-ring (bicyclic) bond motifs is 2. The third-order valence-corrected chi connectivity index (χ3v) is 8.29. The minimum absolute atomic E-state index is 0.00936. The number of nitrogens with zero attached hydrogens (tertiary/aromatic N) is 5. The number of amides is 2. The molecule has 3 aromatic heterocycles. The normalized spacial score (nSPS) is 19.3. The Labute approximate surface area is 220 Å². The molecule has 1 aliphatic heterocycles. The Bertz CT molecular complexity index is 1560. The number of benzene rings is 1. The molecule has 0 unspecified atom stereocenters. The van der Waals surface area contributed by atoms with E-state index in [-0.39, 0.29) is 23.8 Å². The van der Waals surface area contributed by atoms with Crippen molar-refractivity contribution < 1.29 is 9.59 Å². The standard InChI is InChI=1S/C28H32N8O2/c1-35-22-12-17(15-2-3-15)6-7-19(22)24(34-35)21-14-31-26-25(32-21)20(13-30-26)27(37)33-23(16-4-5-16)28(38)36-10-8-18(29)9-11-36/h6-7,12-16,18,23H,2-5,8-11,29H2,1H3,(H,30,31)(H,33,37)/t23-/m1/s1. The van der Waals surface area contributed by atoms with Crippen LogP contribution in [-0.4, -0.2) is 66.6 Å². The zero-order valence-electron chi connectivity index (χ0n) is 21.5. The van der Waals surface area contributed by atoms with Gasteiger partial charge in [0.15, 0.2) is 5.65 Å². The summed E-state index contributed by atoms with van der Waals surface area (Å²) >= 11 is 0. The zero-order valence-corrected chi connectivity index (χ0v) is 21.5. The molecule has 38 heavy (non-hydrogen) atoms. The number of nitrogens with two attached hydrogens (primary N) is 1. The second kappa shape index (κ2) is 8.90. The van der Waals surface area contributed by atoms with Crippen molar-refractivity contribution in [3.05, 3.63) is 41.7 Å². The van der Waals surface area contributed by atoms with E-state index in [0.29, 0.717) is 41.4 Å². The summed E-state index contributed by atoms with van der Waals surface area (Å²) in [5.41, 5.74) is 11.1. The third-order valence-electron chi connectivity index (χ3n) is 8.29. The fraction of sp³-hybridized carbons (Fsp3) is 0.464. The first-order valence-corrected chi connectivity index (χ1v) is 13.6. The summed E-state index contributed by atoms with van der Waals surface area (Å²) in [6, 6.07) is 6.12. The van der Waals surface area contributed by atoms with Gasteiger partial charge in [0.2, 0.25) is 5.91 Å². The molecule has 4 heterocycles. The number of hydrogen-bond acceptors (Lipinski definition) is 6. The van der Waals surface area contributed by atoms with E-state index >= 15 is 0 Å². The number of aromatic nitrogens is 5. The summed E-state index contributed by atoms with van der Waals surface area (Å²) in [5, 5.41) is 8.79. The maximum atomic E-state index is 13.5. The Hall–Kier alpha value is -3.79. The van der Waals surface area contributed by atoms with E-state index in [9.17, 15) is 9.59 Å². The summed E-state index contributed by atoms with van der Waals surface area (Å²) in [7, 11) is 1.94. The maximum absolute atomic E-state index is 13.5. The number of hydrogen-bond donors (Lipinski definition) is 3. The topological polar surface area (TPSA) is 135 Å². The van der Waals surface area contributed by atoms with Crippen molar-refractivity contribution >= 4 is 33.9 Å². The van der Waals surface area contributed by atoms with Gasteiger partial charge in [0.05, 0.1) is 17.3 Å². The van der Waals surface area contributed by atoms with Crippen LogP contribution in [0.1, 0.15) is 60.4 Å². The number of aromatic amines is 1. The summed E-state index contributed by atoms with van der Waals surface area (Å²) in [6.45, 7) is 1.28. The van der Waals surface area contributed by atoms with Crippen LogP contribution in [0.2, 0.25) is 0 Å². The lowest BCUT2D eigenvalue weighted by Crippen LogP contribution is -2.53. The van der Waals surface area contributed by atoms with Gasteiger partial charge in [0, 0.05) is 37.8 Å². The number of carbonyl (C=O) groups is 2. The van der Waals surface area contributed by atoms with Crippen molar-refractivity contribution in [3.8, 4) is 11.4 Å². The van der Waals surface area contributed by atoms with Crippen LogP contribution in [-0.2, 0) is 11.8 Å². The zero-order chi connectivity index (χ0) is 26.0. The van der Waals surface area contributed by atoms with Gasteiger partial charge in [-0.15, -0.1) is 0 Å². The smallest absolute Gasteiger partial charge is 0.255 e. The predicted octanol–water partition coefficient (Wildman–Crippen LogP) is 2.85. The average molecular weight is 513 g/mol. The minimum atomic E-state index is -0.529. The summed E-state index contributed by atoms with van der Waals surface area (Å²) in [6.07, 6.45) is 9.27. The highest BCUT2D eigenvalue weighted by Crippen LogP contribution is 2.41. The van der Waals surface area contributed by atoms with Gasteiger partial charge in [0.25, 0.3) is 5.91 Å². The predicted molar refractivity (Wildman–Crippen MR) is 143 cm³/mol. The molecule has 2 saturated carbocycles. The summed E-state index contributed by atoms with van der Waals surface area (Å²) < 4.78 is 1.88. The van der Waals surface area contributed by atoms with Crippen molar-refractivity contribution in [1.29, 1.82) is 0 Å². The van der Waals surface area contributed by atoms with Crippen LogP contribution in [0.3, 0.4) is 0 Å². The first-order chi connectivity index (χ1) is 18.5. The highest BCUT2D eigenvalue weighted by molar-refractivity contribution is 6.06. The Morgan fingerprint density at radius 2 is 1.92 bits per heavy atom. The average Bonchev–Trinajstić information content (AvgIpc) is 3.87. The van der Waals surface area contributed by atoms with E-state index in [1.807, 2.05) is 16.6 Å². The SMILES string of the molecule is Cn1nc(-c2cnc3[nH]cc(C(=O)N[C@@H](C(=O)N4CCC(N)CC4)C4CC4)c3n2)c2ccc(C3CC3)cc21. The third kappa shape index (κ3) is 4.13. The molecule has 4 N–H and O–H groups in total. The number of H-pyrrole nitrogens is 1. The number of nitrogens with one attached hydrogen (secondary N) is 2. The van der Waals surface area contributed by atoms with Gasteiger partial charge in [-0.25, -0.2) is 9.97 Å². The molecule has 196 valence electrons. The molecular formula is C28H32N8O2. The van der Waals surface area contributed by atoms with Gasteiger partial charge in [-0.05, 0) is 62.0 Å². The highest BCUT2D eigenvalue weighted by Gasteiger charge is 2.40. The quantitative estimate of drug-likeness (QED) is 0.364. The first-order valence-electron chi connectivity index (χ1n) is 13.6. The monoisotopic (exact) mass is 512 g/mol. The van der Waals surface area contributed by atoms with Gasteiger partial charge in [-0.1, -0.05) is 12.1 Å². The van der Waals surface area contributed by atoms with Crippen molar-refractivity contribution in [2.45, 2.75) is 56.5 Å². The van der Waals surface area contributed by atoms with Crippen LogP contribution in [0.4, 0.5) is 0 Å². The highest BCUT2D eigenvalue weighted by atomic mass is 16.2. The fourth-order valence-electron chi connectivity index (χ4n) is 5.66. The summed E-state index contributed by atoms with van der Waals surface area (Å²) in [4.78, 5) is 41.1. The number of carbonyl (C=O) groups excluding carboxylic acids is 2. The van der Waals surface area contributed by atoms with E-state index in [1.54, 1.807) is 12.4 Å². The molecule has 4 aromatic rings. The second-order valence-electron chi connectivity index (χ2n) is 11.1. The van der Waals surface area contributed by atoms with E-state index in [4.69, 9.17) is 15.8 Å². The number of piperidine rings is 1. The van der Waals surface area contributed by atoms with Crippen LogP contribution in [0.15, 0.2) is 30.6 Å². The molecule has 3 fully saturated rings. The molecule has 10 heteroatoms. The van der Waals surface area contributed by atoms with Crippen LogP contribution >= 0.6 is 0 Å². The lowest BCUT2D eigenvalue weighted by atomic mass is 10.0. The van der Waals surface area contributed by atoms with Crippen molar-refractivity contribution in [3.63, 3.8) is 0 Å². The molecular weight excluding hydrogens is 480 g/mol. The molecule has 0 spiro atoms. The molecule has 1 aromatic carbocycles. The lowest BCUT2D eigenvalue weighted by molar-refractivity contribution is -0.134. The van der Waals surface area contributed by atoms with Crippen molar-refractivity contribution in [2.75, 3.05) is 13.1 Å². The van der Waals surface area contributed by atoms with Crippen LogP contribution in [0.5, 0.6) is 0 Å². The minimum Gasteiger partial charge on any atom is -0.344 e. The van der Waals surface area contributed by atoms with E-state index in [0.717, 1.165) is 42.3 Å². The molecule has 10 nitrogen and oxygen atoms in total. The lowest BCUT2D eigenvalue weighted by Gasteiger charge is -2.33. The van der Waals surface area contributed by atoms with E-state index < -0.39 is 6.04 Å². The van der Waals surface area contributed by atoms with Gasteiger partial charge in [-0.2, -0.15) is 5.10 Å². The fourth-order valence-corrected chi connectivity index (χ4v) is 5.66. The molecule has 1 saturated heterocycles. The van der Waals surface area contributed by atoms with Crippen molar-refractivity contribution in [2.24, 2.45) is 18.7 Å². The van der Waals surface area contributed by atoms with Gasteiger partial charge >= 0.3 is 0 Å². The largest absolute Gasteiger partial charge is 0.344 e. The van der Waals surface area contributed by atoms with Gasteiger partial charge < -0.3 is 20.9 Å². The van der Waals surface area contributed by atoms with Crippen LogP contribution < -0.4 is 11.1 Å². The van der Waals surface area contributed by atoms with Crippen LogP contribution in [0, 0.1) is 5.92 Å². The maximum Gasteiger partial charge on any atom is 0.255 e. The molecule has 0 radical (unpaired) electrons. The Morgan fingerprint density at radius 3 is 2.66 bits per heavy atom. The number of aryl methyl sites for hydroxylation is 1.